The molecule has 4 N–H and O–H groups in total. The lowest BCUT2D eigenvalue weighted by molar-refractivity contribution is -0.122. The van der Waals surface area contributed by atoms with Gasteiger partial charge in [0.15, 0.2) is 5.96 Å². The molecule has 1 saturated carbocycles. The van der Waals surface area contributed by atoms with E-state index in [9.17, 15) is 4.79 Å². The molecular weight excluding hydrogens is 427 g/mol. The third-order valence-corrected chi connectivity index (χ3v) is 4.52. The number of guanidine groups is 1. The molecule has 0 unspecified atom stereocenters. The van der Waals surface area contributed by atoms with Crippen LogP contribution in [-0.4, -0.2) is 25.0 Å². The normalized spacial score (nSPS) is 15.3. The van der Waals surface area contributed by atoms with Gasteiger partial charge in [-0.1, -0.05) is 38.3 Å². The fourth-order valence-corrected chi connectivity index (χ4v) is 3.15. The van der Waals surface area contributed by atoms with Gasteiger partial charge in [-0.25, -0.2) is 0 Å². The first-order valence-corrected chi connectivity index (χ1v) is 9.10. The molecule has 0 aliphatic heterocycles. The molecule has 1 aliphatic rings. The van der Waals surface area contributed by atoms with Crippen molar-refractivity contribution in [1.82, 2.24) is 5.32 Å². The number of carbonyl (C=O) groups excluding carboxylic acids is 1. The molecule has 0 spiro atoms. The number of hydrogen-bond donors (Lipinski definition) is 3. The zero-order chi connectivity index (χ0) is 17.2. The summed E-state index contributed by atoms with van der Waals surface area (Å²) in [6.45, 7) is 3.14. The SMILES string of the molecule is CCc1cccc(NC(N)=NCCNC(=O)CC2CCCCC2)c1.I. The average molecular weight is 458 g/mol. The minimum Gasteiger partial charge on any atom is -0.370 e. The number of nitrogens with zero attached hydrogens (tertiary/aromatic N) is 1. The van der Waals surface area contributed by atoms with Crippen molar-refractivity contribution in [1.29, 1.82) is 0 Å². The van der Waals surface area contributed by atoms with Crippen LogP contribution in [0.5, 0.6) is 0 Å². The second kappa shape index (κ2) is 12.1. The summed E-state index contributed by atoms with van der Waals surface area (Å²) < 4.78 is 0. The molecule has 0 atom stereocenters. The topological polar surface area (TPSA) is 79.5 Å². The monoisotopic (exact) mass is 458 g/mol. The molecule has 25 heavy (non-hydrogen) atoms. The predicted octanol–water partition coefficient (Wildman–Crippen LogP) is 3.68. The van der Waals surface area contributed by atoms with E-state index in [1.807, 2.05) is 12.1 Å². The van der Waals surface area contributed by atoms with E-state index in [1.165, 1.54) is 37.7 Å². The van der Waals surface area contributed by atoms with E-state index >= 15 is 0 Å². The molecule has 1 amide bonds. The molecule has 0 heterocycles. The molecule has 0 radical (unpaired) electrons. The van der Waals surface area contributed by atoms with Crippen molar-refractivity contribution < 1.29 is 4.79 Å². The van der Waals surface area contributed by atoms with Gasteiger partial charge in [0.25, 0.3) is 0 Å². The Morgan fingerprint density at radius 1 is 1.28 bits per heavy atom. The Labute approximate surface area is 168 Å². The van der Waals surface area contributed by atoms with Crippen molar-refractivity contribution in [3.8, 4) is 0 Å². The molecule has 6 heteroatoms. The van der Waals surface area contributed by atoms with Gasteiger partial charge in [0, 0.05) is 18.7 Å². The van der Waals surface area contributed by atoms with E-state index in [4.69, 9.17) is 5.73 Å². The number of carbonyl (C=O) groups is 1. The van der Waals surface area contributed by atoms with Crippen LogP contribution >= 0.6 is 24.0 Å². The standard InChI is InChI=1S/C19H30N4O.HI/c1-2-15-9-6-10-17(13-15)23-19(20)22-12-11-21-18(24)14-16-7-4-3-5-8-16;/h6,9-10,13,16H,2-5,7-8,11-12,14H2,1H3,(H,21,24)(H3,20,22,23);1H. The van der Waals surface area contributed by atoms with E-state index < -0.39 is 0 Å². The highest BCUT2D eigenvalue weighted by molar-refractivity contribution is 14.0. The first kappa shape index (κ1) is 21.7. The summed E-state index contributed by atoms with van der Waals surface area (Å²) in [6, 6.07) is 8.11. The molecule has 1 aliphatic carbocycles. The van der Waals surface area contributed by atoms with E-state index in [0.29, 0.717) is 31.4 Å². The lowest BCUT2D eigenvalue weighted by atomic mass is 9.87. The summed E-state index contributed by atoms with van der Waals surface area (Å²) in [6.07, 6.45) is 7.88. The third-order valence-electron chi connectivity index (χ3n) is 4.52. The Balaban J connectivity index is 0.00000312. The van der Waals surface area contributed by atoms with Crippen LogP contribution in [0.3, 0.4) is 0 Å². The summed E-state index contributed by atoms with van der Waals surface area (Å²) in [5, 5.41) is 6.02. The number of halogens is 1. The van der Waals surface area contributed by atoms with Crippen molar-refractivity contribution in [3.05, 3.63) is 29.8 Å². The van der Waals surface area contributed by atoms with E-state index in [0.717, 1.165) is 12.1 Å². The molecule has 1 aromatic carbocycles. The van der Waals surface area contributed by atoms with Crippen LogP contribution in [0.25, 0.3) is 0 Å². The second-order valence-corrected chi connectivity index (χ2v) is 6.50. The summed E-state index contributed by atoms with van der Waals surface area (Å²) in [7, 11) is 0. The predicted molar refractivity (Wildman–Crippen MR) is 116 cm³/mol. The van der Waals surface area contributed by atoms with Crippen molar-refractivity contribution in [3.63, 3.8) is 0 Å². The minimum atomic E-state index is 0. The largest absolute Gasteiger partial charge is 0.370 e. The fraction of sp³-hybridized carbons (Fsp3) is 0.579. The molecule has 0 bridgehead atoms. The van der Waals surface area contributed by atoms with Crippen LogP contribution in [0.1, 0.15) is 51.0 Å². The molecule has 1 aromatic rings. The highest BCUT2D eigenvalue weighted by Gasteiger charge is 2.16. The van der Waals surface area contributed by atoms with Gasteiger partial charge in [0.1, 0.15) is 0 Å². The Morgan fingerprint density at radius 2 is 2.04 bits per heavy atom. The number of amides is 1. The lowest BCUT2D eigenvalue weighted by Crippen LogP contribution is -2.30. The van der Waals surface area contributed by atoms with E-state index in [-0.39, 0.29) is 29.9 Å². The number of nitrogens with one attached hydrogen (secondary N) is 2. The van der Waals surface area contributed by atoms with Gasteiger partial charge in [-0.15, -0.1) is 24.0 Å². The Morgan fingerprint density at radius 3 is 2.76 bits per heavy atom. The van der Waals surface area contributed by atoms with Gasteiger partial charge >= 0.3 is 0 Å². The lowest BCUT2D eigenvalue weighted by Gasteiger charge is -2.20. The zero-order valence-electron chi connectivity index (χ0n) is 15.1. The van der Waals surface area contributed by atoms with Gasteiger partial charge in [-0.3, -0.25) is 9.79 Å². The van der Waals surface area contributed by atoms with Crippen LogP contribution < -0.4 is 16.4 Å². The fourth-order valence-electron chi connectivity index (χ4n) is 3.15. The quantitative estimate of drug-likeness (QED) is 0.253. The van der Waals surface area contributed by atoms with Gasteiger partial charge in [0.2, 0.25) is 5.91 Å². The maximum Gasteiger partial charge on any atom is 0.220 e. The molecule has 5 nitrogen and oxygen atoms in total. The Kier molecular flexibility index (Phi) is 10.5. The average Bonchev–Trinajstić information content (AvgIpc) is 2.60. The van der Waals surface area contributed by atoms with Crippen molar-refractivity contribution in [2.75, 3.05) is 18.4 Å². The van der Waals surface area contributed by atoms with E-state index in [2.05, 4.69) is 34.7 Å². The van der Waals surface area contributed by atoms with Crippen LogP contribution in [0.15, 0.2) is 29.3 Å². The summed E-state index contributed by atoms with van der Waals surface area (Å²) in [5.74, 6) is 1.09. The van der Waals surface area contributed by atoms with Gasteiger partial charge in [-0.05, 0) is 42.9 Å². The number of hydrogen-bond acceptors (Lipinski definition) is 2. The summed E-state index contributed by atoms with van der Waals surface area (Å²) in [5.41, 5.74) is 8.08. The number of nitrogens with two attached hydrogens (primary N) is 1. The number of benzene rings is 1. The van der Waals surface area contributed by atoms with Gasteiger partial charge in [0.05, 0.1) is 6.54 Å². The number of rotatable bonds is 7. The number of aliphatic imine (C=N–C) groups is 1. The molecule has 1 fully saturated rings. The molecule has 0 aromatic heterocycles. The van der Waals surface area contributed by atoms with Crippen LogP contribution in [0, 0.1) is 5.92 Å². The van der Waals surface area contributed by atoms with Gasteiger partial charge in [-0.2, -0.15) is 0 Å². The molecule has 2 rings (SSSR count). The smallest absolute Gasteiger partial charge is 0.220 e. The zero-order valence-corrected chi connectivity index (χ0v) is 17.4. The first-order valence-electron chi connectivity index (χ1n) is 9.10. The van der Waals surface area contributed by atoms with Crippen molar-refractivity contribution in [2.45, 2.75) is 51.9 Å². The maximum atomic E-state index is 11.9. The molecular formula is C19H31IN4O. The highest BCUT2D eigenvalue weighted by Crippen LogP contribution is 2.25. The maximum absolute atomic E-state index is 11.9. The highest BCUT2D eigenvalue weighted by atomic mass is 127. The number of anilines is 1. The van der Waals surface area contributed by atoms with E-state index in [1.54, 1.807) is 0 Å². The second-order valence-electron chi connectivity index (χ2n) is 6.50. The molecule has 140 valence electrons. The summed E-state index contributed by atoms with van der Waals surface area (Å²) in [4.78, 5) is 16.2. The first-order chi connectivity index (χ1) is 11.7. The van der Waals surface area contributed by atoms with Crippen molar-refractivity contribution in [2.24, 2.45) is 16.6 Å². The van der Waals surface area contributed by atoms with Crippen LogP contribution in [-0.2, 0) is 11.2 Å². The Hall–Kier alpha value is -1.31. The minimum absolute atomic E-state index is 0. The van der Waals surface area contributed by atoms with Crippen LogP contribution in [0.2, 0.25) is 0 Å². The summed E-state index contributed by atoms with van der Waals surface area (Å²) >= 11 is 0. The number of aryl methyl sites for hydroxylation is 1. The Bertz CT molecular complexity index is 556. The van der Waals surface area contributed by atoms with Crippen molar-refractivity contribution >= 4 is 41.5 Å². The third kappa shape index (κ3) is 8.56. The molecule has 0 saturated heterocycles. The van der Waals surface area contributed by atoms with Gasteiger partial charge < -0.3 is 16.4 Å². The van der Waals surface area contributed by atoms with Crippen LogP contribution in [0.4, 0.5) is 5.69 Å².